The van der Waals surface area contributed by atoms with Crippen LogP contribution in [-0.2, 0) is 0 Å². The lowest BCUT2D eigenvalue weighted by Gasteiger charge is -2.40. The molecule has 1 aromatic carbocycles. The van der Waals surface area contributed by atoms with Gasteiger partial charge in [0.2, 0.25) is 0 Å². The molecular weight excluding hydrogens is 227 g/mol. The van der Waals surface area contributed by atoms with Crippen molar-refractivity contribution in [1.29, 1.82) is 0 Å². The van der Waals surface area contributed by atoms with Gasteiger partial charge in [-0.1, -0.05) is 13.0 Å². The molecule has 3 atom stereocenters. The number of piperidine rings is 1. The molecule has 1 aliphatic rings. The minimum atomic E-state index is -0.131. The van der Waals surface area contributed by atoms with Gasteiger partial charge in [-0.25, -0.2) is 4.39 Å². The zero-order chi connectivity index (χ0) is 13.3. The molecule has 1 heterocycles. The van der Waals surface area contributed by atoms with Crippen molar-refractivity contribution >= 4 is 5.69 Å². The average molecular weight is 250 g/mol. The predicted octanol–water partition coefficient (Wildman–Crippen LogP) is 3.27. The van der Waals surface area contributed by atoms with Crippen LogP contribution < -0.4 is 5.32 Å². The molecule has 1 N–H and O–H groups in total. The molecule has 1 aromatic rings. The van der Waals surface area contributed by atoms with E-state index in [4.69, 9.17) is 0 Å². The molecule has 0 radical (unpaired) electrons. The van der Waals surface area contributed by atoms with Crippen molar-refractivity contribution in [2.45, 2.75) is 39.3 Å². The highest BCUT2D eigenvalue weighted by molar-refractivity contribution is 5.51. The van der Waals surface area contributed by atoms with Crippen LogP contribution in [0.4, 0.5) is 10.1 Å². The summed E-state index contributed by atoms with van der Waals surface area (Å²) in [7, 11) is 2.17. The number of hydrogen-bond acceptors (Lipinski definition) is 2. The zero-order valence-corrected chi connectivity index (χ0v) is 11.7. The number of nitrogens with one attached hydrogen (secondary N) is 1. The maximum atomic E-state index is 13.5. The zero-order valence-electron chi connectivity index (χ0n) is 11.7. The largest absolute Gasteiger partial charge is 0.382 e. The number of benzene rings is 1. The maximum absolute atomic E-state index is 13.5. The van der Waals surface area contributed by atoms with Crippen molar-refractivity contribution in [3.63, 3.8) is 0 Å². The molecule has 1 aliphatic heterocycles. The first-order valence-electron chi connectivity index (χ1n) is 6.71. The van der Waals surface area contributed by atoms with E-state index in [0.717, 1.165) is 24.2 Å². The molecule has 0 spiro atoms. The molecule has 100 valence electrons. The van der Waals surface area contributed by atoms with Crippen LogP contribution in [0, 0.1) is 18.7 Å². The van der Waals surface area contributed by atoms with Gasteiger partial charge in [-0.15, -0.1) is 0 Å². The minimum Gasteiger partial charge on any atom is -0.382 e. The molecule has 1 fully saturated rings. The Bertz CT molecular complexity index is 419. The summed E-state index contributed by atoms with van der Waals surface area (Å²) in [6.07, 6.45) is 1.10. The van der Waals surface area contributed by atoms with Gasteiger partial charge in [0.25, 0.3) is 0 Å². The summed E-state index contributed by atoms with van der Waals surface area (Å²) in [5.41, 5.74) is 1.65. The molecule has 0 aliphatic carbocycles. The van der Waals surface area contributed by atoms with Crippen molar-refractivity contribution in [2.75, 3.05) is 18.9 Å². The summed E-state index contributed by atoms with van der Waals surface area (Å²) in [5, 5.41) is 3.52. The fourth-order valence-electron chi connectivity index (χ4n) is 2.71. The fraction of sp³-hybridized carbons (Fsp3) is 0.600. The number of anilines is 1. The van der Waals surface area contributed by atoms with E-state index in [1.54, 1.807) is 6.07 Å². The highest BCUT2D eigenvalue weighted by Crippen LogP contribution is 2.26. The van der Waals surface area contributed by atoms with Gasteiger partial charge in [0.15, 0.2) is 0 Å². The Balaban J connectivity index is 2.11. The molecule has 0 bridgehead atoms. The number of nitrogens with zero attached hydrogens (tertiary/aromatic N) is 1. The Morgan fingerprint density at radius 3 is 2.78 bits per heavy atom. The Morgan fingerprint density at radius 1 is 1.33 bits per heavy atom. The molecule has 3 heteroatoms. The van der Waals surface area contributed by atoms with E-state index in [0.29, 0.717) is 18.0 Å². The Morgan fingerprint density at radius 2 is 2.06 bits per heavy atom. The lowest BCUT2D eigenvalue weighted by molar-refractivity contribution is 0.145. The second-order valence-corrected chi connectivity index (χ2v) is 5.66. The fourth-order valence-corrected chi connectivity index (χ4v) is 2.71. The van der Waals surface area contributed by atoms with Gasteiger partial charge < -0.3 is 10.2 Å². The smallest absolute Gasteiger partial charge is 0.128 e. The van der Waals surface area contributed by atoms with E-state index in [-0.39, 0.29) is 5.82 Å². The number of rotatable bonds is 2. The van der Waals surface area contributed by atoms with Gasteiger partial charge >= 0.3 is 0 Å². The first-order chi connectivity index (χ1) is 8.49. The van der Waals surface area contributed by atoms with E-state index in [1.807, 2.05) is 13.0 Å². The molecule has 18 heavy (non-hydrogen) atoms. The van der Waals surface area contributed by atoms with Gasteiger partial charge in [0.1, 0.15) is 5.82 Å². The molecule has 3 unspecified atom stereocenters. The lowest BCUT2D eigenvalue weighted by Crippen LogP contribution is -2.48. The van der Waals surface area contributed by atoms with Crippen LogP contribution in [0.25, 0.3) is 0 Å². The molecule has 0 aromatic heterocycles. The second kappa shape index (κ2) is 5.27. The average Bonchev–Trinajstić information content (AvgIpc) is 2.32. The second-order valence-electron chi connectivity index (χ2n) is 5.66. The Hall–Kier alpha value is -1.09. The third-order valence-electron chi connectivity index (χ3n) is 4.22. The van der Waals surface area contributed by atoms with Crippen LogP contribution in [-0.4, -0.2) is 30.6 Å². The third kappa shape index (κ3) is 2.66. The van der Waals surface area contributed by atoms with Gasteiger partial charge in [0.05, 0.1) is 0 Å². The molecule has 1 saturated heterocycles. The molecule has 0 saturated carbocycles. The summed E-state index contributed by atoms with van der Waals surface area (Å²) in [4.78, 5) is 2.39. The Kier molecular flexibility index (Phi) is 3.91. The normalized spacial score (nSPS) is 29.3. The van der Waals surface area contributed by atoms with Crippen molar-refractivity contribution in [2.24, 2.45) is 5.92 Å². The van der Waals surface area contributed by atoms with Crippen molar-refractivity contribution in [3.8, 4) is 0 Å². The van der Waals surface area contributed by atoms with E-state index >= 15 is 0 Å². The maximum Gasteiger partial charge on any atom is 0.128 e. The summed E-state index contributed by atoms with van der Waals surface area (Å²) >= 11 is 0. The molecule has 0 amide bonds. The van der Waals surface area contributed by atoms with Crippen LogP contribution in [0.15, 0.2) is 18.2 Å². The number of likely N-dealkylation sites (tertiary alicyclic amines) is 1. The lowest BCUT2D eigenvalue weighted by atomic mass is 9.89. The number of hydrogen-bond donors (Lipinski definition) is 1. The highest BCUT2D eigenvalue weighted by Gasteiger charge is 2.29. The number of halogens is 1. The van der Waals surface area contributed by atoms with E-state index in [1.165, 1.54) is 6.07 Å². The Labute approximate surface area is 109 Å². The van der Waals surface area contributed by atoms with Crippen LogP contribution in [0.2, 0.25) is 0 Å². The van der Waals surface area contributed by atoms with Crippen molar-refractivity contribution in [3.05, 3.63) is 29.6 Å². The molecular formula is C15H23FN2. The van der Waals surface area contributed by atoms with Crippen LogP contribution in [0.5, 0.6) is 0 Å². The summed E-state index contributed by atoms with van der Waals surface area (Å²) in [6, 6.07) is 6.26. The monoisotopic (exact) mass is 250 g/mol. The van der Waals surface area contributed by atoms with Crippen molar-refractivity contribution in [1.82, 2.24) is 4.90 Å². The van der Waals surface area contributed by atoms with Gasteiger partial charge in [-0.05, 0) is 45.4 Å². The van der Waals surface area contributed by atoms with E-state index < -0.39 is 0 Å². The highest BCUT2D eigenvalue weighted by atomic mass is 19.1. The predicted molar refractivity (Wildman–Crippen MR) is 74.4 cm³/mol. The van der Waals surface area contributed by atoms with E-state index in [9.17, 15) is 4.39 Å². The summed E-state index contributed by atoms with van der Waals surface area (Å²) < 4.78 is 13.5. The first-order valence-corrected chi connectivity index (χ1v) is 6.71. The quantitative estimate of drug-likeness (QED) is 0.866. The third-order valence-corrected chi connectivity index (χ3v) is 4.22. The van der Waals surface area contributed by atoms with Crippen LogP contribution in [0.3, 0.4) is 0 Å². The SMILES string of the molecule is Cc1c(F)cccc1NC1CC(C)N(C)CC1C. The van der Waals surface area contributed by atoms with Crippen molar-refractivity contribution < 1.29 is 4.39 Å². The molecule has 2 nitrogen and oxygen atoms in total. The van der Waals surface area contributed by atoms with Crippen LogP contribution in [0.1, 0.15) is 25.8 Å². The summed E-state index contributed by atoms with van der Waals surface area (Å²) in [6.45, 7) is 7.43. The van der Waals surface area contributed by atoms with Gasteiger partial charge in [-0.2, -0.15) is 0 Å². The topological polar surface area (TPSA) is 15.3 Å². The van der Waals surface area contributed by atoms with Gasteiger partial charge in [0, 0.05) is 29.9 Å². The molecule has 2 rings (SSSR count). The standard InChI is InChI=1S/C15H23FN2/c1-10-9-18(4)11(2)8-15(10)17-14-7-5-6-13(16)12(14)3/h5-7,10-11,15,17H,8-9H2,1-4H3. The van der Waals surface area contributed by atoms with Gasteiger partial charge in [-0.3, -0.25) is 0 Å². The van der Waals surface area contributed by atoms with E-state index in [2.05, 4.69) is 31.1 Å². The van der Waals surface area contributed by atoms with Crippen LogP contribution >= 0.6 is 0 Å². The first kappa shape index (κ1) is 13.3. The minimum absolute atomic E-state index is 0.131. The summed E-state index contributed by atoms with van der Waals surface area (Å²) in [5.74, 6) is 0.447.